The highest BCUT2D eigenvalue weighted by Gasteiger charge is 2.16. The van der Waals surface area contributed by atoms with Crippen LogP contribution in [0.4, 0.5) is 17.1 Å². The Labute approximate surface area is 243 Å². The fraction of sp³-hybridized carbons (Fsp3) is 0.345. The molecule has 3 N–H and O–H groups in total. The summed E-state index contributed by atoms with van der Waals surface area (Å²) in [5.74, 6) is 1.75. The predicted molar refractivity (Wildman–Crippen MR) is 159 cm³/mol. The molecule has 0 aliphatic carbocycles. The van der Waals surface area contributed by atoms with Crippen LogP contribution in [0.15, 0.2) is 42.9 Å². The molecule has 0 saturated heterocycles. The van der Waals surface area contributed by atoms with Crippen molar-refractivity contribution in [1.82, 2.24) is 25.1 Å². The van der Waals surface area contributed by atoms with E-state index in [9.17, 15) is 10.1 Å². The van der Waals surface area contributed by atoms with Gasteiger partial charge in [0.25, 0.3) is 0 Å². The number of amides is 1. The molecule has 214 valence electrons. The van der Waals surface area contributed by atoms with E-state index >= 15 is 0 Å². The first-order valence-electron chi connectivity index (χ1n) is 13.4. The lowest BCUT2D eigenvalue weighted by molar-refractivity contribution is -0.116. The topological polar surface area (TPSA) is 141 Å². The molecule has 0 aliphatic heterocycles. The number of carbonyl (C=O) groups is 1. The molecule has 4 aromatic rings. The second kappa shape index (κ2) is 14.3. The van der Waals surface area contributed by atoms with Crippen molar-refractivity contribution in [2.45, 2.75) is 32.6 Å². The molecular formula is C29H33ClN8O3. The van der Waals surface area contributed by atoms with Crippen molar-refractivity contribution in [3.8, 4) is 17.6 Å². The maximum Gasteiger partial charge on any atom is 0.224 e. The summed E-state index contributed by atoms with van der Waals surface area (Å²) in [6.45, 7) is 3.57. The van der Waals surface area contributed by atoms with Crippen LogP contribution in [0.25, 0.3) is 10.9 Å². The van der Waals surface area contributed by atoms with E-state index in [0.717, 1.165) is 25.2 Å². The van der Waals surface area contributed by atoms with E-state index < -0.39 is 0 Å². The largest absolute Gasteiger partial charge is 0.492 e. The second-order valence-corrected chi connectivity index (χ2v) is 9.97. The summed E-state index contributed by atoms with van der Waals surface area (Å²) >= 11 is 6.53. The molecule has 12 heteroatoms. The van der Waals surface area contributed by atoms with Crippen LogP contribution in [-0.2, 0) is 11.2 Å². The summed E-state index contributed by atoms with van der Waals surface area (Å²) in [4.78, 5) is 23.3. The number of benzene rings is 2. The number of rotatable bonds is 14. The fourth-order valence-corrected chi connectivity index (χ4v) is 4.43. The van der Waals surface area contributed by atoms with Gasteiger partial charge in [0.05, 0.1) is 40.7 Å². The SMILES string of the molecule is CCOc1cc2ncc(C#N)c(Nc3ccc(OCCCc4ncn[nH]4)c(Cl)c3)c2cc1NC(=O)CCCN(C)C. The van der Waals surface area contributed by atoms with Crippen LogP contribution in [0, 0.1) is 11.3 Å². The van der Waals surface area contributed by atoms with Crippen molar-refractivity contribution >= 4 is 45.5 Å². The van der Waals surface area contributed by atoms with Crippen molar-refractivity contribution in [2.24, 2.45) is 0 Å². The van der Waals surface area contributed by atoms with Gasteiger partial charge in [-0.2, -0.15) is 10.4 Å². The minimum atomic E-state index is -0.116. The molecule has 4 rings (SSSR count). The van der Waals surface area contributed by atoms with E-state index in [2.05, 4.69) is 36.9 Å². The molecule has 0 radical (unpaired) electrons. The van der Waals surface area contributed by atoms with E-state index in [0.29, 0.717) is 76.1 Å². The Hall–Kier alpha value is -4.40. The number of H-pyrrole nitrogens is 1. The standard InChI is InChI=1S/C29H33ClN8O3/c1-4-40-26-15-23-21(14-24(26)36-28(39)8-5-11-38(2)3)29(19(16-31)17-32-23)35-20-9-10-25(22(30)13-20)41-12-6-7-27-33-18-34-37-27/h9-10,13-15,17-18H,4-8,11-12H2,1-3H3,(H,32,35)(H,36,39)(H,33,34,37). The molecule has 2 heterocycles. The van der Waals surface area contributed by atoms with Crippen LogP contribution in [0.3, 0.4) is 0 Å². The molecule has 0 saturated carbocycles. The number of aryl methyl sites for hydroxylation is 1. The summed E-state index contributed by atoms with van der Waals surface area (Å²) < 4.78 is 11.6. The lowest BCUT2D eigenvalue weighted by Gasteiger charge is -2.17. The molecule has 0 bridgehead atoms. The van der Waals surface area contributed by atoms with Gasteiger partial charge in [-0.3, -0.25) is 14.9 Å². The first kappa shape index (κ1) is 29.6. The molecule has 0 aliphatic rings. The molecule has 2 aromatic carbocycles. The first-order valence-corrected chi connectivity index (χ1v) is 13.7. The maximum absolute atomic E-state index is 12.7. The summed E-state index contributed by atoms with van der Waals surface area (Å²) in [5, 5.41) is 23.9. The Balaban J connectivity index is 1.55. The zero-order chi connectivity index (χ0) is 29.2. The number of anilines is 3. The van der Waals surface area contributed by atoms with E-state index in [-0.39, 0.29) is 5.91 Å². The summed E-state index contributed by atoms with van der Waals surface area (Å²) in [5.41, 5.74) is 2.67. The van der Waals surface area contributed by atoms with Crippen molar-refractivity contribution < 1.29 is 14.3 Å². The number of nitrogens with one attached hydrogen (secondary N) is 3. The minimum absolute atomic E-state index is 0.116. The monoisotopic (exact) mass is 576 g/mol. The normalized spacial score (nSPS) is 10.9. The Morgan fingerprint density at radius 1 is 1.15 bits per heavy atom. The summed E-state index contributed by atoms with van der Waals surface area (Å²) in [6, 6.07) is 11.1. The van der Waals surface area contributed by atoms with Gasteiger partial charge in [0.1, 0.15) is 29.7 Å². The highest BCUT2D eigenvalue weighted by molar-refractivity contribution is 6.32. The van der Waals surface area contributed by atoms with E-state index in [4.69, 9.17) is 21.1 Å². The predicted octanol–water partition coefficient (Wildman–Crippen LogP) is 5.31. The Kier molecular flexibility index (Phi) is 10.3. The van der Waals surface area contributed by atoms with Crippen LogP contribution >= 0.6 is 11.6 Å². The van der Waals surface area contributed by atoms with Crippen LogP contribution in [-0.4, -0.2) is 64.8 Å². The molecule has 0 unspecified atom stereocenters. The molecular weight excluding hydrogens is 544 g/mol. The molecule has 0 spiro atoms. The highest BCUT2D eigenvalue weighted by Crippen LogP contribution is 2.37. The van der Waals surface area contributed by atoms with Gasteiger partial charge in [-0.25, -0.2) is 4.98 Å². The number of hydrogen-bond acceptors (Lipinski definition) is 9. The van der Waals surface area contributed by atoms with Gasteiger partial charge in [-0.15, -0.1) is 0 Å². The number of pyridine rings is 1. The number of aromatic amines is 1. The molecule has 11 nitrogen and oxygen atoms in total. The van der Waals surface area contributed by atoms with Gasteiger partial charge in [0.2, 0.25) is 5.91 Å². The smallest absolute Gasteiger partial charge is 0.224 e. The van der Waals surface area contributed by atoms with Gasteiger partial charge in [0, 0.05) is 36.2 Å². The first-order chi connectivity index (χ1) is 19.9. The highest BCUT2D eigenvalue weighted by atomic mass is 35.5. The Bertz CT molecular complexity index is 1520. The van der Waals surface area contributed by atoms with Gasteiger partial charge < -0.3 is 25.0 Å². The molecule has 0 fully saturated rings. The van der Waals surface area contributed by atoms with Crippen LogP contribution in [0.2, 0.25) is 5.02 Å². The Morgan fingerprint density at radius 2 is 2.00 bits per heavy atom. The number of ether oxygens (including phenoxy) is 2. The number of aromatic nitrogens is 4. The van der Waals surface area contributed by atoms with Gasteiger partial charge >= 0.3 is 0 Å². The quantitative estimate of drug-likeness (QED) is 0.170. The number of fused-ring (bicyclic) bond motifs is 1. The fourth-order valence-electron chi connectivity index (χ4n) is 4.19. The molecule has 0 atom stereocenters. The zero-order valence-electron chi connectivity index (χ0n) is 23.3. The van der Waals surface area contributed by atoms with Gasteiger partial charge in [-0.05, 0) is 64.7 Å². The summed E-state index contributed by atoms with van der Waals surface area (Å²) in [6.07, 6.45) is 5.55. The zero-order valence-corrected chi connectivity index (χ0v) is 24.1. The van der Waals surface area contributed by atoms with E-state index in [1.165, 1.54) is 12.5 Å². The van der Waals surface area contributed by atoms with Crippen LogP contribution < -0.4 is 20.1 Å². The molecule has 1 amide bonds. The number of halogens is 1. The van der Waals surface area contributed by atoms with Gasteiger partial charge in [0.15, 0.2) is 0 Å². The van der Waals surface area contributed by atoms with E-state index in [1.807, 2.05) is 32.0 Å². The summed E-state index contributed by atoms with van der Waals surface area (Å²) in [7, 11) is 3.94. The van der Waals surface area contributed by atoms with Crippen LogP contribution in [0.1, 0.15) is 37.6 Å². The number of nitriles is 1. The average molecular weight is 577 g/mol. The minimum Gasteiger partial charge on any atom is -0.492 e. The van der Waals surface area contributed by atoms with Crippen LogP contribution in [0.5, 0.6) is 11.5 Å². The maximum atomic E-state index is 12.7. The Morgan fingerprint density at radius 3 is 2.71 bits per heavy atom. The lowest BCUT2D eigenvalue weighted by Crippen LogP contribution is -2.17. The third-order valence-corrected chi connectivity index (χ3v) is 6.45. The number of carbonyl (C=O) groups excluding carboxylic acids is 1. The van der Waals surface area contributed by atoms with Crippen molar-refractivity contribution in [3.05, 3.63) is 59.3 Å². The van der Waals surface area contributed by atoms with Crippen molar-refractivity contribution in [3.63, 3.8) is 0 Å². The molecule has 2 aromatic heterocycles. The van der Waals surface area contributed by atoms with Crippen molar-refractivity contribution in [1.29, 1.82) is 5.26 Å². The third kappa shape index (κ3) is 8.06. The lowest BCUT2D eigenvalue weighted by atomic mass is 10.1. The van der Waals surface area contributed by atoms with Crippen molar-refractivity contribution in [2.75, 3.05) is 44.5 Å². The second-order valence-electron chi connectivity index (χ2n) is 9.57. The van der Waals surface area contributed by atoms with E-state index in [1.54, 1.807) is 24.3 Å². The average Bonchev–Trinajstić information content (AvgIpc) is 3.46. The number of hydrogen-bond donors (Lipinski definition) is 3. The third-order valence-electron chi connectivity index (χ3n) is 6.15. The number of nitrogens with zero attached hydrogens (tertiary/aromatic N) is 5. The van der Waals surface area contributed by atoms with Gasteiger partial charge in [-0.1, -0.05) is 11.6 Å². The molecule has 41 heavy (non-hydrogen) atoms.